The van der Waals surface area contributed by atoms with Crippen molar-refractivity contribution in [3.63, 3.8) is 0 Å². The normalized spacial score (nSPS) is 30.6. The highest BCUT2D eigenvalue weighted by atomic mass is 15.2. The molecule has 2 heteroatoms. The maximum Gasteiger partial charge on any atom is 0.0234 e. The first-order chi connectivity index (χ1) is 10.3. The molecule has 1 unspecified atom stereocenters. The predicted molar refractivity (Wildman–Crippen MR) is 89.3 cm³/mol. The van der Waals surface area contributed by atoms with Gasteiger partial charge in [-0.2, -0.15) is 0 Å². The summed E-state index contributed by atoms with van der Waals surface area (Å²) in [6, 6.07) is 12.4. The zero-order valence-electron chi connectivity index (χ0n) is 13.4. The highest BCUT2D eigenvalue weighted by molar-refractivity contribution is 5.14. The van der Waals surface area contributed by atoms with Gasteiger partial charge in [0.15, 0.2) is 0 Å². The third-order valence-electron chi connectivity index (χ3n) is 5.42. The van der Waals surface area contributed by atoms with Crippen LogP contribution in [0.1, 0.15) is 51.0 Å². The van der Waals surface area contributed by atoms with Crippen molar-refractivity contribution in [3.05, 3.63) is 35.9 Å². The Kier molecular flexibility index (Phi) is 5.32. The SMILES string of the molecule is CCC1CCC(NC2CCN(Cc3ccccc3)C2)CC1. The second kappa shape index (κ2) is 7.42. The number of hydrogen-bond donors (Lipinski definition) is 1. The van der Waals surface area contributed by atoms with E-state index in [0.717, 1.165) is 24.5 Å². The number of benzene rings is 1. The summed E-state index contributed by atoms with van der Waals surface area (Å²) < 4.78 is 0. The summed E-state index contributed by atoms with van der Waals surface area (Å²) in [5.74, 6) is 1.00. The molecule has 1 aromatic carbocycles. The second-order valence-electron chi connectivity index (χ2n) is 7.00. The van der Waals surface area contributed by atoms with Gasteiger partial charge in [-0.1, -0.05) is 43.7 Å². The molecule has 2 aliphatic rings. The Morgan fingerprint density at radius 1 is 1.00 bits per heavy atom. The van der Waals surface area contributed by atoms with Crippen molar-refractivity contribution < 1.29 is 0 Å². The first-order valence-corrected chi connectivity index (χ1v) is 8.86. The molecule has 1 heterocycles. The second-order valence-corrected chi connectivity index (χ2v) is 7.00. The van der Waals surface area contributed by atoms with Crippen LogP contribution in [0.5, 0.6) is 0 Å². The Morgan fingerprint density at radius 3 is 2.48 bits per heavy atom. The molecule has 0 bridgehead atoms. The van der Waals surface area contributed by atoms with Gasteiger partial charge < -0.3 is 5.32 Å². The van der Waals surface area contributed by atoms with E-state index >= 15 is 0 Å². The standard InChI is InChI=1S/C19H30N2/c1-2-16-8-10-18(11-9-16)20-19-12-13-21(15-19)14-17-6-4-3-5-7-17/h3-7,16,18-20H,2,8-15H2,1H3. The van der Waals surface area contributed by atoms with Crippen molar-refractivity contribution in [2.24, 2.45) is 5.92 Å². The van der Waals surface area contributed by atoms with Crippen LogP contribution in [0.2, 0.25) is 0 Å². The molecular weight excluding hydrogens is 256 g/mol. The van der Waals surface area contributed by atoms with Gasteiger partial charge in [0.1, 0.15) is 0 Å². The molecule has 1 aliphatic carbocycles. The lowest BCUT2D eigenvalue weighted by molar-refractivity contribution is 0.261. The highest BCUT2D eigenvalue weighted by Crippen LogP contribution is 2.27. The molecule has 1 saturated carbocycles. The molecule has 2 fully saturated rings. The lowest BCUT2D eigenvalue weighted by Crippen LogP contribution is -2.41. The van der Waals surface area contributed by atoms with Crippen LogP contribution in [0.15, 0.2) is 30.3 Å². The summed E-state index contributed by atoms with van der Waals surface area (Å²) in [5.41, 5.74) is 1.45. The van der Waals surface area contributed by atoms with Crippen LogP contribution in [0.4, 0.5) is 0 Å². The minimum absolute atomic E-state index is 0.719. The number of nitrogens with one attached hydrogen (secondary N) is 1. The topological polar surface area (TPSA) is 15.3 Å². The molecule has 0 aromatic heterocycles. The largest absolute Gasteiger partial charge is 0.310 e. The molecule has 2 nitrogen and oxygen atoms in total. The number of hydrogen-bond acceptors (Lipinski definition) is 2. The monoisotopic (exact) mass is 286 g/mol. The van der Waals surface area contributed by atoms with E-state index in [4.69, 9.17) is 0 Å². The maximum absolute atomic E-state index is 3.94. The maximum atomic E-state index is 3.94. The van der Waals surface area contributed by atoms with Gasteiger partial charge in [0.25, 0.3) is 0 Å². The molecule has 0 spiro atoms. The van der Waals surface area contributed by atoms with Crippen LogP contribution in [0.25, 0.3) is 0 Å². The van der Waals surface area contributed by atoms with Crippen LogP contribution in [0.3, 0.4) is 0 Å². The van der Waals surface area contributed by atoms with E-state index in [1.54, 1.807) is 0 Å². The summed E-state index contributed by atoms with van der Waals surface area (Å²) in [7, 11) is 0. The molecule has 21 heavy (non-hydrogen) atoms. The van der Waals surface area contributed by atoms with E-state index in [2.05, 4.69) is 47.5 Å². The van der Waals surface area contributed by atoms with Crippen molar-refractivity contribution in [2.75, 3.05) is 13.1 Å². The molecule has 0 amide bonds. The predicted octanol–water partition coefficient (Wildman–Crippen LogP) is 3.82. The average Bonchev–Trinajstić information content (AvgIpc) is 2.96. The smallest absolute Gasteiger partial charge is 0.0234 e. The van der Waals surface area contributed by atoms with Crippen molar-refractivity contribution in [1.82, 2.24) is 10.2 Å². The molecule has 1 atom stereocenters. The highest BCUT2D eigenvalue weighted by Gasteiger charge is 2.26. The lowest BCUT2D eigenvalue weighted by atomic mass is 9.84. The van der Waals surface area contributed by atoms with Crippen LogP contribution < -0.4 is 5.32 Å². The fourth-order valence-corrected chi connectivity index (χ4v) is 4.02. The van der Waals surface area contributed by atoms with Crippen LogP contribution >= 0.6 is 0 Å². The lowest BCUT2D eigenvalue weighted by Gasteiger charge is -2.30. The summed E-state index contributed by atoms with van der Waals surface area (Å²) in [6.07, 6.45) is 8.37. The van der Waals surface area contributed by atoms with Gasteiger partial charge in [0.2, 0.25) is 0 Å². The van der Waals surface area contributed by atoms with E-state index in [1.165, 1.54) is 57.2 Å². The van der Waals surface area contributed by atoms with Gasteiger partial charge in [-0.15, -0.1) is 0 Å². The third kappa shape index (κ3) is 4.31. The quantitative estimate of drug-likeness (QED) is 0.885. The van der Waals surface area contributed by atoms with Crippen molar-refractivity contribution in [3.8, 4) is 0 Å². The van der Waals surface area contributed by atoms with E-state index in [9.17, 15) is 0 Å². The average molecular weight is 286 g/mol. The van der Waals surface area contributed by atoms with Crippen molar-refractivity contribution >= 4 is 0 Å². The number of rotatable bonds is 5. The third-order valence-corrected chi connectivity index (χ3v) is 5.42. The van der Waals surface area contributed by atoms with Gasteiger partial charge in [-0.3, -0.25) is 4.90 Å². The van der Waals surface area contributed by atoms with E-state index < -0.39 is 0 Å². The Bertz CT molecular complexity index is 409. The molecule has 1 aliphatic heterocycles. The summed E-state index contributed by atoms with van der Waals surface area (Å²) in [5, 5.41) is 3.94. The minimum atomic E-state index is 0.719. The first-order valence-electron chi connectivity index (χ1n) is 8.86. The van der Waals surface area contributed by atoms with E-state index in [-0.39, 0.29) is 0 Å². The van der Waals surface area contributed by atoms with Gasteiger partial charge in [-0.25, -0.2) is 0 Å². The molecule has 3 rings (SSSR count). The van der Waals surface area contributed by atoms with Gasteiger partial charge in [0, 0.05) is 31.7 Å². The van der Waals surface area contributed by atoms with Crippen LogP contribution in [-0.2, 0) is 6.54 Å². The van der Waals surface area contributed by atoms with Crippen LogP contribution in [-0.4, -0.2) is 30.1 Å². The molecule has 1 saturated heterocycles. The van der Waals surface area contributed by atoms with E-state index in [1.807, 2.05) is 0 Å². The molecule has 0 radical (unpaired) electrons. The van der Waals surface area contributed by atoms with Gasteiger partial charge in [0.05, 0.1) is 0 Å². The molecule has 1 N–H and O–H groups in total. The summed E-state index contributed by atoms with van der Waals surface area (Å²) >= 11 is 0. The Hall–Kier alpha value is -0.860. The Labute approximate surface area is 129 Å². The summed E-state index contributed by atoms with van der Waals surface area (Å²) in [6.45, 7) is 5.93. The minimum Gasteiger partial charge on any atom is -0.310 e. The van der Waals surface area contributed by atoms with Crippen LogP contribution in [0, 0.1) is 5.92 Å². The zero-order valence-corrected chi connectivity index (χ0v) is 13.4. The van der Waals surface area contributed by atoms with Crippen molar-refractivity contribution in [2.45, 2.75) is 64.1 Å². The van der Waals surface area contributed by atoms with Gasteiger partial charge >= 0.3 is 0 Å². The van der Waals surface area contributed by atoms with Gasteiger partial charge in [-0.05, 0) is 43.6 Å². The Balaban J connectivity index is 1.41. The first kappa shape index (κ1) is 15.1. The Morgan fingerprint density at radius 2 is 1.76 bits per heavy atom. The van der Waals surface area contributed by atoms with E-state index in [0.29, 0.717) is 0 Å². The molecule has 116 valence electrons. The molecular formula is C19H30N2. The van der Waals surface area contributed by atoms with Crippen molar-refractivity contribution in [1.29, 1.82) is 0 Å². The zero-order chi connectivity index (χ0) is 14.5. The number of nitrogens with zero attached hydrogens (tertiary/aromatic N) is 1. The fraction of sp³-hybridized carbons (Fsp3) is 0.684. The fourth-order valence-electron chi connectivity index (χ4n) is 4.02. The summed E-state index contributed by atoms with van der Waals surface area (Å²) in [4.78, 5) is 2.60. The molecule has 1 aromatic rings. The number of likely N-dealkylation sites (tertiary alicyclic amines) is 1.